The predicted octanol–water partition coefficient (Wildman–Crippen LogP) is 3.40. The largest absolute Gasteiger partial charge is 0.486 e. The van der Waals surface area contributed by atoms with Crippen molar-refractivity contribution in [2.75, 3.05) is 13.2 Å². The Morgan fingerprint density at radius 1 is 0.850 bits per heavy atom. The number of rotatable bonds is 4. The van der Waals surface area contributed by atoms with Crippen LogP contribution in [0.3, 0.4) is 0 Å². The van der Waals surface area contributed by atoms with Gasteiger partial charge in [0.2, 0.25) is 0 Å². The van der Waals surface area contributed by atoms with Crippen LogP contribution in [-0.4, -0.2) is 13.2 Å². The van der Waals surface area contributed by atoms with Gasteiger partial charge < -0.3 is 14.8 Å². The number of fused-ring (bicyclic) bond motifs is 1. The molecule has 0 spiro atoms. The van der Waals surface area contributed by atoms with E-state index in [1.807, 2.05) is 36.4 Å². The SMILES string of the molecule is Clc1ccc(CNCc2ccc3c(c2)OCCO3)cc1. The fraction of sp³-hybridized carbons (Fsp3) is 0.250. The van der Waals surface area contributed by atoms with E-state index in [9.17, 15) is 0 Å². The molecule has 3 nitrogen and oxygen atoms in total. The van der Waals surface area contributed by atoms with Crippen LogP contribution >= 0.6 is 11.6 Å². The van der Waals surface area contributed by atoms with Gasteiger partial charge in [-0.2, -0.15) is 0 Å². The second-order valence-electron chi connectivity index (χ2n) is 4.71. The van der Waals surface area contributed by atoms with Crippen LogP contribution in [0.15, 0.2) is 42.5 Å². The third-order valence-corrected chi connectivity index (χ3v) is 3.43. The number of halogens is 1. The lowest BCUT2D eigenvalue weighted by molar-refractivity contribution is 0.171. The van der Waals surface area contributed by atoms with Crippen LogP contribution in [0.2, 0.25) is 5.02 Å². The van der Waals surface area contributed by atoms with E-state index in [2.05, 4.69) is 11.4 Å². The summed E-state index contributed by atoms with van der Waals surface area (Å²) in [5.74, 6) is 1.67. The second-order valence-corrected chi connectivity index (χ2v) is 5.14. The lowest BCUT2D eigenvalue weighted by atomic mass is 10.2. The van der Waals surface area contributed by atoms with Gasteiger partial charge in [-0.1, -0.05) is 29.8 Å². The number of benzene rings is 2. The first-order valence-corrected chi connectivity index (χ1v) is 7.03. The van der Waals surface area contributed by atoms with Crippen LogP contribution in [-0.2, 0) is 13.1 Å². The van der Waals surface area contributed by atoms with E-state index in [4.69, 9.17) is 21.1 Å². The van der Waals surface area contributed by atoms with E-state index in [0.29, 0.717) is 13.2 Å². The maximum atomic E-state index is 5.86. The minimum atomic E-state index is 0.620. The summed E-state index contributed by atoms with van der Waals surface area (Å²) in [7, 11) is 0. The molecule has 2 aromatic carbocycles. The van der Waals surface area contributed by atoms with Gasteiger partial charge in [0.15, 0.2) is 11.5 Å². The molecule has 1 heterocycles. The molecule has 0 bridgehead atoms. The maximum Gasteiger partial charge on any atom is 0.161 e. The van der Waals surface area contributed by atoms with Crippen molar-refractivity contribution in [1.82, 2.24) is 5.32 Å². The molecule has 0 fully saturated rings. The van der Waals surface area contributed by atoms with Crippen molar-refractivity contribution in [2.24, 2.45) is 0 Å². The van der Waals surface area contributed by atoms with E-state index in [1.54, 1.807) is 0 Å². The Morgan fingerprint density at radius 3 is 2.30 bits per heavy atom. The summed E-state index contributed by atoms with van der Waals surface area (Å²) >= 11 is 5.86. The molecular weight excluding hydrogens is 274 g/mol. The normalized spacial score (nSPS) is 13.2. The van der Waals surface area contributed by atoms with Gasteiger partial charge in [-0.15, -0.1) is 0 Å². The Kier molecular flexibility index (Phi) is 4.09. The molecule has 0 atom stereocenters. The Bertz CT molecular complexity index is 584. The van der Waals surface area contributed by atoms with E-state index in [-0.39, 0.29) is 0 Å². The standard InChI is InChI=1S/C16H16ClNO2/c17-14-4-1-12(2-5-14)10-18-11-13-3-6-15-16(9-13)20-8-7-19-15/h1-6,9,18H,7-8,10-11H2. The lowest BCUT2D eigenvalue weighted by Crippen LogP contribution is -2.16. The van der Waals surface area contributed by atoms with E-state index < -0.39 is 0 Å². The second kappa shape index (κ2) is 6.16. The summed E-state index contributed by atoms with van der Waals surface area (Å²) in [4.78, 5) is 0. The molecule has 0 saturated heterocycles. The molecule has 0 aliphatic carbocycles. The summed E-state index contributed by atoms with van der Waals surface area (Å²) in [5, 5.41) is 4.17. The molecule has 0 saturated carbocycles. The maximum absolute atomic E-state index is 5.86. The molecule has 0 unspecified atom stereocenters. The van der Waals surface area contributed by atoms with Gasteiger partial charge >= 0.3 is 0 Å². The fourth-order valence-corrected chi connectivity index (χ4v) is 2.28. The van der Waals surface area contributed by atoms with E-state index >= 15 is 0 Å². The van der Waals surface area contributed by atoms with Crippen molar-refractivity contribution >= 4 is 11.6 Å². The van der Waals surface area contributed by atoms with Crippen LogP contribution in [0.25, 0.3) is 0 Å². The molecule has 1 N–H and O–H groups in total. The highest BCUT2D eigenvalue weighted by atomic mass is 35.5. The monoisotopic (exact) mass is 289 g/mol. The quantitative estimate of drug-likeness (QED) is 0.936. The minimum absolute atomic E-state index is 0.620. The van der Waals surface area contributed by atoms with Crippen LogP contribution in [0.1, 0.15) is 11.1 Å². The Balaban J connectivity index is 1.57. The van der Waals surface area contributed by atoms with Gasteiger partial charge in [-0.25, -0.2) is 0 Å². The molecule has 1 aliphatic rings. The predicted molar refractivity (Wildman–Crippen MR) is 79.4 cm³/mol. The van der Waals surface area contributed by atoms with Crippen molar-refractivity contribution in [3.05, 3.63) is 58.6 Å². The van der Waals surface area contributed by atoms with Gasteiger partial charge in [0, 0.05) is 18.1 Å². The summed E-state index contributed by atoms with van der Waals surface area (Å²) < 4.78 is 11.1. The van der Waals surface area contributed by atoms with Gasteiger partial charge in [0.1, 0.15) is 13.2 Å². The zero-order chi connectivity index (χ0) is 13.8. The van der Waals surface area contributed by atoms with Crippen molar-refractivity contribution in [1.29, 1.82) is 0 Å². The lowest BCUT2D eigenvalue weighted by Gasteiger charge is -2.19. The summed E-state index contributed by atoms with van der Waals surface area (Å²) in [6, 6.07) is 13.9. The minimum Gasteiger partial charge on any atom is -0.486 e. The first-order chi connectivity index (χ1) is 9.81. The molecule has 4 heteroatoms. The molecule has 0 amide bonds. The third kappa shape index (κ3) is 3.24. The Morgan fingerprint density at radius 2 is 1.50 bits per heavy atom. The average molecular weight is 290 g/mol. The molecule has 0 radical (unpaired) electrons. The molecule has 2 aromatic rings. The van der Waals surface area contributed by atoms with Crippen molar-refractivity contribution in [3.63, 3.8) is 0 Å². The Labute approximate surface area is 123 Å². The third-order valence-electron chi connectivity index (χ3n) is 3.18. The highest BCUT2D eigenvalue weighted by Gasteiger charge is 2.11. The number of hydrogen-bond acceptors (Lipinski definition) is 3. The first-order valence-electron chi connectivity index (χ1n) is 6.65. The molecule has 3 rings (SSSR count). The molecule has 0 aromatic heterocycles. The molecule has 104 valence electrons. The van der Waals surface area contributed by atoms with Crippen molar-refractivity contribution < 1.29 is 9.47 Å². The van der Waals surface area contributed by atoms with Crippen molar-refractivity contribution in [3.8, 4) is 11.5 Å². The Hall–Kier alpha value is -1.71. The van der Waals surface area contributed by atoms with Crippen LogP contribution in [0, 0.1) is 0 Å². The average Bonchev–Trinajstić information content (AvgIpc) is 2.49. The number of ether oxygens (including phenoxy) is 2. The van der Waals surface area contributed by atoms with Crippen LogP contribution < -0.4 is 14.8 Å². The van der Waals surface area contributed by atoms with Gasteiger partial charge in [-0.3, -0.25) is 0 Å². The molecule has 20 heavy (non-hydrogen) atoms. The van der Waals surface area contributed by atoms with Gasteiger partial charge in [-0.05, 0) is 35.4 Å². The van der Waals surface area contributed by atoms with E-state index in [0.717, 1.165) is 29.6 Å². The van der Waals surface area contributed by atoms with Crippen LogP contribution in [0.5, 0.6) is 11.5 Å². The topological polar surface area (TPSA) is 30.5 Å². The zero-order valence-corrected chi connectivity index (χ0v) is 11.8. The highest BCUT2D eigenvalue weighted by molar-refractivity contribution is 6.30. The zero-order valence-electron chi connectivity index (χ0n) is 11.1. The van der Waals surface area contributed by atoms with E-state index in [1.165, 1.54) is 11.1 Å². The molecular formula is C16H16ClNO2. The van der Waals surface area contributed by atoms with Crippen LogP contribution in [0.4, 0.5) is 0 Å². The number of nitrogens with one attached hydrogen (secondary N) is 1. The number of hydrogen-bond donors (Lipinski definition) is 1. The highest BCUT2D eigenvalue weighted by Crippen LogP contribution is 2.30. The summed E-state index contributed by atoms with van der Waals surface area (Å²) in [6.07, 6.45) is 0. The fourth-order valence-electron chi connectivity index (χ4n) is 2.15. The smallest absolute Gasteiger partial charge is 0.161 e. The van der Waals surface area contributed by atoms with Gasteiger partial charge in [0.25, 0.3) is 0 Å². The molecule has 1 aliphatic heterocycles. The summed E-state index contributed by atoms with van der Waals surface area (Å²) in [5.41, 5.74) is 2.40. The van der Waals surface area contributed by atoms with Gasteiger partial charge in [0.05, 0.1) is 0 Å². The first kappa shape index (κ1) is 13.3. The summed E-state index contributed by atoms with van der Waals surface area (Å²) in [6.45, 7) is 2.85. The van der Waals surface area contributed by atoms with Crippen molar-refractivity contribution in [2.45, 2.75) is 13.1 Å².